The van der Waals surface area contributed by atoms with Crippen molar-refractivity contribution in [1.29, 1.82) is 0 Å². The predicted molar refractivity (Wildman–Crippen MR) is 84.8 cm³/mol. The van der Waals surface area contributed by atoms with Gasteiger partial charge in [0.2, 0.25) is 0 Å². The van der Waals surface area contributed by atoms with E-state index in [4.69, 9.17) is 5.11 Å². The minimum atomic E-state index is -0.917. The fourth-order valence-corrected chi connectivity index (χ4v) is 2.28. The van der Waals surface area contributed by atoms with Crippen LogP contribution in [0.25, 0.3) is 0 Å². The molecule has 1 atom stereocenters. The first-order chi connectivity index (χ1) is 10.1. The number of hydrogen-bond acceptors (Lipinski definition) is 3. The van der Waals surface area contributed by atoms with Crippen LogP contribution in [0.2, 0.25) is 0 Å². The SMILES string of the molecule is O=C(O)C[C@H](N=Cc1cc(Br)ccc1O)c1ccccc1. The highest BCUT2D eigenvalue weighted by Crippen LogP contribution is 2.24. The van der Waals surface area contributed by atoms with Crippen molar-refractivity contribution in [3.05, 3.63) is 64.1 Å². The number of hydrogen-bond donors (Lipinski definition) is 2. The van der Waals surface area contributed by atoms with Crippen LogP contribution in [0, 0.1) is 0 Å². The van der Waals surface area contributed by atoms with Gasteiger partial charge < -0.3 is 10.2 Å². The number of aliphatic carboxylic acids is 1. The van der Waals surface area contributed by atoms with Gasteiger partial charge in [-0.15, -0.1) is 0 Å². The van der Waals surface area contributed by atoms with Gasteiger partial charge in [0.05, 0.1) is 12.5 Å². The number of benzene rings is 2. The third kappa shape index (κ3) is 4.43. The Hall–Kier alpha value is -2.14. The molecular formula is C16H14BrNO3. The number of rotatable bonds is 5. The number of aromatic hydroxyl groups is 1. The highest BCUT2D eigenvalue weighted by Gasteiger charge is 2.13. The molecule has 0 amide bonds. The Balaban J connectivity index is 2.28. The molecule has 2 rings (SSSR count). The number of nitrogens with zero attached hydrogens (tertiary/aromatic N) is 1. The molecule has 21 heavy (non-hydrogen) atoms. The van der Waals surface area contributed by atoms with Crippen molar-refractivity contribution in [1.82, 2.24) is 0 Å². The summed E-state index contributed by atoms with van der Waals surface area (Å²) in [7, 11) is 0. The van der Waals surface area contributed by atoms with Gasteiger partial charge in [0.1, 0.15) is 5.75 Å². The molecule has 2 aromatic carbocycles. The first-order valence-electron chi connectivity index (χ1n) is 6.34. The third-order valence-electron chi connectivity index (χ3n) is 2.94. The Kier molecular flexibility index (Phi) is 5.11. The van der Waals surface area contributed by atoms with Crippen LogP contribution in [0.4, 0.5) is 0 Å². The van der Waals surface area contributed by atoms with Crippen LogP contribution in [-0.2, 0) is 4.79 Å². The van der Waals surface area contributed by atoms with E-state index in [2.05, 4.69) is 20.9 Å². The second-order valence-electron chi connectivity index (χ2n) is 4.51. The second-order valence-corrected chi connectivity index (χ2v) is 5.42. The summed E-state index contributed by atoms with van der Waals surface area (Å²) < 4.78 is 0.816. The maximum absolute atomic E-state index is 11.0. The molecule has 0 aromatic heterocycles. The normalized spacial score (nSPS) is 12.4. The lowest BCUT2D eigenvalue weighted by molar-refractivity contribution is -0.137. The summed E-state index contributed by atoms with van der Waals surface area (Å²) in [6.45, 7) is 0. The van der Waals surface area contributed by atoms with E-state index in [0.29, 0.717) is 5.56 Å². The molecule has 0 spiro atoms. The molecule has 4 nitrogen and oxygen atoms in total. The lowest BCUT2D eigenvalue weighted by Crippen LogP contribution is -2.04. The highest BCUT2D eigenvalue weighted by molar-refractivity contribution is 9.10. The number of carboxylic acid groups (broad SMARTS) is 1. The topological polar surface area (TPSA) is 69.9 Å². The molecular weight excluding hydrogens is 334 g/mol. The van der Waals surface area contributed by atoms with Crippen molar-refractivity contribution in [2.45, 2.75) is 12.5 Å². The van der Waals surface area contributed by atoms with E-state index in [9.17, 15) is 9.90 Å². The standard InChI is InChI=1S/C16H14BrNO3/c17-13-6-7-15(19)12(8-13)10-18-14(9-16(20)21)11-4-2-1-3-5-11/h1-8,10,14,19H,9H2,(H,20,21)/t14-/m0/s1. The molecule has 2 N–H and O–H groups in total. The molecule has 0 heterocycles. The molecule has 0 aliphatic heterocycles. The predicted octanol–water partition coefficient (Wildman–Crippen LogP) is 3.79. The first-order valence-corrected chi connectivity index (χ1v) is 7.14. The van der Waals surface area contributed by atoms with Gasteiger partial charge in [-0.3, -0.25) is 9.79 Å². The van der Waals surface area contributed by atoms with Crippen molar-refractivity contribution in [2.24, 2.45) is 4.99 Å². The van der Waals surface area contributed by atoms with E-state index in [-0.39, 0.29) is 12.2 Å². The molecule has 0 aliphatic rings. The van der Waals surface area contributed by atoms with Crippen molar-refractivity contribution in [2.75, 3.05) is 0 Å². The Morgan fingerprint density at radius 3 is 2.62 bits per heavy atom. The first kappa shape index (κ1) is 15.3. The van der Waals surface area contributed by atoms with Gasteiger partial charge in [-0.05, 0) is 23.8 Å². The summed E-state index contributed by atoms with van der Waals surface area (Å²) in [5.41, 5.74) is 1.36. The van der Waals surface area contributed by atoms with Gasteiger partial charge in [-0.2, -0.15) is 0 Å². The van der Waals surface area contributed by atoms with Gasteiger partial charge in [0, 0.05) is 16.3 Å². The van der Waals surface area contributed by atoms with Crippen LogP contribution in [-0.4, -0.2) is 22.4 Å². The van der Waals surface area contributed by atoms with E-state index in [1.165, 1.54) is 6.21 Å². The van der Waals surface area contributed by atoms with E-state index in [1.807, 2.05) is 30.3 Å². The molecule has 5 heteroatoms. The van der Waals surface area contributed by atoms with Crippen LogP contribution in [0.3, 0.4) is 0 Å². The van der Waals surface area contributed by atoms with Crippen LogP contribution >= 0.6 is 15.9 Å². The largest absolute Gasteiger partial charge is 0.507 e. The number of carbonyl (C=O) groups is 1. The monoisotopic (exact) mass is 347 g/mol. The van der Waals surface area contributed by atoms with Gasteiger partial charge >= 0.3 is 5.97 Å². The number of aliphatic imine (C=N–C) groups is 1. The number of carboxylic acids is 1. The molecule has 2 aromatic rings. The lowest BCUT2D eigenvalue weighted by Gasteiger charge is -2.10. The fourth-order valence-electron chi connectivity index (χ4n) is 1.90. The van der Waals surface area contributed by atoms with Gasteiger partial charge in [0.25, 0.3) is 0 Å². The van der Waals surface area contributed by atoms with Crippen LogP contribution in [0.15, 0.2) is 58.0 Å². The summed E-state index contributed by atoms with van der Waals surface area (Å²) in [6.07, 6.45) is 1.40. The fraction of sp³-hybridized carbons (Fsp3) is 0.125. The zero-order valence-corrected chi connectivity index (χ0v) is 12.7. The lowest BCUT2D eigenvalue weighted by atomic mass is 10.0. The highest BCUT2D eigenvalue weighted by atomic mass is 79.9. The maximum atomic E-state index is 11.0. The second kappa shape index (κ2) is 7.04. The Morgan fingerprint density at radius 2 is 1.95 bits per heavy atom. The number of phenolic OH excluding ortho intramolecular Hbond substituents is 1. The summed E-state index contributed by atoms with van der Waals surface area (Å²) in [4.78, 5) is 15.3. The molecule has 0 bridgehead atoms. The molecule has 0 saturated heterocycles. The summed E-state index contributed by atoms with van der Waals surface area (Å²) in [6, 6.07) is 13.7. The zero-order chi connectivity index (χ0) is 15.2. The Bertz CT molecular complexity index is 656. The smallest absolute Gasteiger partial charge is 0.305 e. The molecule has 0 aliphatic carbocycles. The van der Waals surface area contributed by atoms with Crippen molar-refractivity contribution >= 4 is 28.1 Å². The van der Waals surface area contributed by atoms with E-state index in [1.54, 1.807) is 18.2 Å². The minimum Gasteiger partial charge on any atom is -0.507 e. The quantitative estimate of drug-likeness (QED) is 0.808. The van der Waals surface area contributed by atoms with Gasteiger partial charge in [0.15, 0.2) is 0 Å². The van der Waals surface area contributed by atoms with Gasteiger partial charge in [-0.25, -0.2) is 0 Å². The Morgan fingerprint density at radius 1 is 1.24 bits per heavy atom. The maximum Gasteiger partial charge on any atom is 0.305 e. The van der Waals surface area contributed by atoms with Crippen LogP contribution in [0.1, 0.15) is 23.6 Å². The average molecular weight is 348 g/mol. The van der Waals surface area contributed by atoms with E-state index >= 15 is 0 Å². The van der Waals surface area contributed by atoms with Crippen molar-refractivity contribution < 1.29 is 15.0 Å². The summed E-state index contributed by atoms with van der Waals surface area (Å²) in [5, 5.41) is 18.8. The summed E-state index contributed by atoms with van der Waals surface area (Å²) in [5.74, 6) is -0.816. The molecule has 0 fully saturated rings. The third-order valence-corrected chi connectivity index (χ3v) is 3.43. The molecule has 108 valence electrons. The number of halogens is 1. The minimum absolute atomic E-state index is 0.101. The van der Waals surface area contributed by atoms with Crippen molar-refractivity contribution in [3.63, 3.8) is 0 Å². The van der Waals surface area contributed by atoms with E-state index < -0.39 is 12.0 Å². The van der Waals surface area contributed by atoms with Crippen LogP contribution < -0.4 is 0 Å². The van der Waals surface area contributed by atoms with E-state index in [0.717, 1.165) is 10.0 Å². The van der Waals surface area contributed by atoms with Crippen LogP contribution in [0.5, 0.6) is 5.75 Å². The molecule has 0 radical (unpaired) electrons. The van der Waals surface area contributed by atoms with Gasteiger partial charge in [-0.1, -0.05) is 46.3 Å². The number of phenols is 1. The summed E-state index contributed by atoms with van der Waals surface area (Å²) >= 11 is 3.32. The Labute approximate surface area is 130 Å². The zero-order valence-electron chi connectivity index (χ0n) is 11.1. The average Bonchev–Trinajstić information content (AvgIpc) is 2.47. The molecule has 0 unspecified atom stereocenters. The molecule has 0 saturated carbocycles. The van der Waals surface area contributed by atoms with Crippen molar-refractivity contribution in [3.8, 4) is 5.75 Å².